The van der Waals surface area contributed by atoms with Crippen LogP contribution in [-0.4, -0.2) is 5.91 Å². The van der Waals surface area contributed by atoms with E-state index in [2.05, 4.69) is 5.32 Å². The fourth-order valence-electron chi connectivity index (χ4n) is 1.74. The second kappa shape index (κ2) is 5.16. The predicted octanol–water partition coefficient (Wildman–Crippen LogP) is 2.69. The molecule has 0 spiro atoms. The maximum absolute atomic E-state index is 13.6. The van der Waals surface area contributed by atoms with Crippen molar-refractivity contribution in [3.8, 4) is 0 Å². The summed E-state index contributed by atoms with van der Waals surface area (Å²) in [7, 11) is 0. The highest BCUT2D eigenvalue weighted by Gasteiger charge is 2.12. The van der Waals surface area contributed by atoms with Crippen LogP contribution in [0.2, 0.25) is 0 Å². The number of hydrogen-bond donors (Lipinski definition) is 3. The molecule has 2 rings (SSSR count). The molecule has 0 aliphatic carbocycles. The van der Waals surface area contributed by atoms with E-state index in [1.807, 2.05) is 0 Å². The van der Waals surface area contributed by atoms with E-state index in [0.29, 0.717) is 11.4 Å². The van der Waals surface area contributed by atoms with Crippen molar-refractivity contribution in [3.63, 3.8) is 0 Å². The summed E-state index contributed by atoms with van der Waals surface area (Å²) in [5.41, 5.74) is 11.9. The van der Waals surface area contributed by atoms with E-state index in [0.717, 1.165) is 12.1 Å². The molecule has 0 heterocycles. The SMILES string of the molecule is Cc1cc(F)c(NC(=O)c2cc(N)cc(N)c2)cc1F. The maximum Gasteiger partial charge on any atom is 0.255 e. The Morgan fingerprint density at radius 3 is 2.20 bits per heavy atom. The van der Waals surface area contributed by atoms with Gasteiger partial charge in [0, 0.05) is 23.0 Å². The second-order valence-electron chi connectivity index (χ2n) is 4.42. The van der Waals surface area contributed by atoms with Crippen molar-refractivity contribution in [2.24, 2.45) is 0 Å². The molecule has 20 heavy (non-hydrogen) atoms. The minimum Gasteiger partial charge on any atom is -0.399 e. The van der Waals surface area contributed by atoms with Crippen LogP contribution in [0.4, 0.5) is 25.8 Å². The summed E-state index contributed by atoms with van der Waals surface area (Å²) in [6.45, 7) is 1.43. The Morgan fingerprint density at radius 1 is 1.00 bits per heavy atom. The molecule has 0 aliphatic rings. The number of aryl methyl sites for hydroxylation is 1. The molecule has 0 fully saturated rings. The summed E-state index contributed by atoms with van der Waals surface area (Å²) >= 11 is 0. The number of nitrogens with one attached hydrogen (secondary N) is 1. The number of anilines is 3. The number of amides is 1. The zero-order chi connectivity index (χ0) is 14.9. The van der Waals surface area contributed by atoms with Crippen LogP contribution in [-0.2, 0) is 0 Å². The molecular formula is C14H13F2N3O. The Hall–Kier alpha value is -2.63. The third-order valence-corrected chi connectivity index (χ3v) is 2.74. The number of nitrogen functional groups attached to an aromatic ring is 2. The molecule has 0 saturated carbocycles. The Bertz CT molecular complexity index is 666. The van der Waals surface area contributed by atoms with E-state index in [4.69, 9.17) is 11.5 Å². The first-order valence-corrected chi connectivity index (χ1v) is 5.80. The van der Waals surface area contributed by atoms with Gasteiger partial charge in [0.1, 0.15) is 11.6 Å². The van der Waals surface area contributed by atoms with Gasteiger partial charge in [-0.2, -0.15) is 0 Å². The highest BCUT2D eigenvalue weighted by Crippen LogP contribution is 2.21. The van der Waals surface area contributed by atoms with Gasteiger partial charge in [0.05, 0.1) is 5.69 Å². The summed E-state index contributed by atoms with van der Waals surface area (Å²) in [6.07, 6.45) is 0. The minimum atomic E-state index is -0.714. The van der Waals surface area contributed by atoms with E-state index in [9.17, 15) is 13.6 Å². The summed E-state index contributed by atoms with van der Waals surface area (Å²) in [6, 6.07) is 6.22. The number of halogens is 2. The van der Waals surface area contributed by atoms with Crippen LogP contribution in [0.1, 0.15) is 15.9 Å². The smallest absolute Gasteiger partial charge is 0.255 e. The third kappa shape index (κ3) is 2.85. The third-order valence-electron chi connectivity index (χ3n) is 2.74. The summed E-state index contributed by atoms with van der Waals surface area (Å²) < 4.78 is 27.0. The van der Waals surface area contributed by atoms with E-state index < -0.39 is 17.5 Å². The number of benzene rings is 2. The number of carbonyl (C=O) groups is 1. The predicted molar refractivity (Wildman–Crippen MR) is 74.3 cm³/mol. The van der Waals surface area contributed by atoms with Gasteiger partial charge in [-0.15, -0.1) is 0 Å². The zero-order valence-corrected chi connectivity index (χ0v) is 10.7. The van der Waals surface area contributed by atoms with Crippen LogP contribution < -0.4 is 16.8 Å². The lowest BCUT2D eigenvalue weighted by Gasteiger charge is -2.09. The van der Waals surface area contributed by atoms with E-state index in [1.165, 1.54) is 25.1 Å². The van der Waals surface area contributed by atoms with Crippen LogP contribution in [0.15, 0.2) is 30.3 Å². The lowest BCUT2D eigenvalue weighted by Crippen LogP contribution is -2.14. The van der Waals surface area contributed by atoms with E-state index in [1.54, 1.807) is 0 Å². The van der Waals surface area contributed by atoms with Crippen molar-refractivity contribution in [3.05, 3.63) is 53.1 Å². The number of carbonyl (C=O) groups excluding carboxylic acids is 1. The lowest BCUT2D eigenvalue weighted by molar-refractivity contribution is 0.102. The highest BCUT2D eigenvalue weighted by molar-refractivity contribution is 6.05. The minimum absolute atomic E-state index is 0.161. The molecule has 6 heteroatoms. The van der Waals surface area contributed by atoms with Crippen LogP contribution in [0, 0.1) is 18.6 Å². The van der Waals surface area contributed by atoms with E-state index >= 15 is 0 Å². The van der Waals surface area contributed by atoms with Gasteiger partial charge in [0.2, 0.25) is 0 Å². The van der Waals surface area contributed by atoms with Gasteiger partial charge in [-0.1, -0.05) is 0 Å². The summed E-state index contributed by atoms with van der Waals surface area (Å²) in [5, 5.41) is 2.28. The molecular weight excluding hydrogens is 264 g/mol. The summed E-state index contributed by atoms with van der Waals surface area (Å²) in [4.78, 5) is 12.0. The quantitative estimate of drug-likeness (QED) is 0.738. The average Bonchev–Trinajstić information content (AvgIpc) is 2.34. The average molecular weight is 277 g/mol. The topological polar surface area (TPSA) is 81.1 Å². The van der Waals surface area contributed by atoms with Gasteiger partial charge in [0.15, 0.2) is 0 Å². The van der Waals surface area contributed by atoms with Crippen molar-refractivity contribution >= 4 is 23.0 Å². The fraction of sp³-hybridized carbons (Fsp3) is 0.0714. The van der Waals surface area contributed by atoms with Crippen molar-refractivity contribution in [2.45, 2.75) is 6.92 Å². The largest absolute Gasteiger partial charge is 0.399 e. The van der Waals surface area contributed by atoms with Gasteiger partial charge in [0.25, 0.3) is 5.91 Å². The molecule has 0 saturated heterocycles. The van der Waals surface area contributed by atoms with Gasteiger partial charge >= 0.3 is 0 Å². The molecule has 2 aromatic carbocycles. The molecule has 0 aromatic heterocycles. The molecule has 0 aliphatic heterocycles. The first kappa shape index (κ1) is 13.8. The molecule has 0 atom stereocenters. The van der Waals surface area contributed by atoms with Crippen LogP contribution in [0.5, 0.6) is 0 Å². The number of nitrogens with two attached hydrogens (primary N) is 2. The molecule has 4 nitrogen and oxygen atoms in total. The van der Waals surface area contributed by atoms with Crippen molar-refractivity contribution in [1.82, 2.24) is 0 Å². The molecule has 0 radical (unpaired) electrons. The van der Waals surface area contributed by atoms with E-state index in [-0.39, 0.29) is 16.8 Å². The van der Waals surface area contributed by atoms with Gasteiger partial charge in [-0.25, -0.2) is 8.78 Å². The van der Waals surface area contributed by atoms with Gasteiger partial charge in [-0.3, -0.25) is 4.79 Å². The van der Waals surface area contributed by atoms with Crippen molar-refractivity contribution in [1.29, 1.82) is 0 Å². The van der Waals surface area contributed by atoms with Crippen molar-refractivity contribution < 1.29 is 13.6 Å². The summed E-state index contributed by atoms with van der Waals surface area (Å²) in [5.74, 6) is -1.94. The Balaban J connectivity index is 2.30. The fourth-order valence-corrected chi connectivity index (χ4v) is 1.74. The number of hydrogen-bond acceptors (Lipinski definition) is 3. The van der Waals surface area contributed by atoms with Gasteiger partial charge in [-0.05, 0) is 36.8 Å². The monoisotopic (exact) mass is 277 g/mol. The van der Waals surface area contributed by atoms with Crippen LogP contribution in [0.3, 0.4) is 0 Å². The Labute approximate surface area is 114 Å². The second-order valence-corrected chi connectivity index (χ2v) is 4.42. The van der Waals surface area contributed by atoms with Crippen LogP contribution >= 0.6 is 0 Å². The normalized spacial score (nSPS) is 10.3. The Morgan fingerprint density at radius 2 is 1.60 bits per heavy atom. The number of rotatable bonds is 2. The molecule has 1 amide bonds. The van der Waals surface area contributed by atoms with Crippen molar-refractivity contribution in [2.75, 3.05) is 16.8 Å². The highest BCUT2D eigenvalue weighted by atomic mass is 19.1. The van der Waals surface area contributed by atoms with Gasteiger partial charge < -0.3 is 16.8 Å². The standard InChI is InChI=1S/C14H13F2N3O/c1-7-2-12(16)13(6-11(7)15)19-14(20)8-3-9(17)5-10(18)4-8/h2-6H,17-18H2,1H3,(H,19,20). The lowest BCUT2D eigenvalue weighted by atomic mass is 10.1. The zero-order valence-electron chi connectivity index (χ0n) is 10.7. The molecule has 104 valence electrons. The molecule has 2 aromatic rings. The Kier molecular flexibility index (Phi) is 3.56. The first-order valence-electron chi connectivity index (χ1n) is 5.80. The van der Waals surface area contributed by atoms with Crippen LogP contribution in [0.25, 0.3) is 0 Å². The molecule has 5 N–H and O–H groups in total. The molecule has 0 bridgehead atoms. The first-order chi connectivity index (χ1) is 9.36. The molecule has 0 unspecified atom stereocenters. The maximum atomic E-state index is 13.6.